The Labute approximate surface area is 220 Å². The Morgan fingerprint density at radius 3 is 1.84 bits per heavy atom. The number of hydrogen-bond donors (Lipinski definition) is 1. The predicted octanol–water partition coefficient (Wildman–Crippen LogP) is 5.96. The van der Waals surface area contributed by atoms with Crippen molar-refractivity contribution in [3.8, 4) is 11.6 Å². The zero-order valence-electron chi connectivity index (χ0n) is 21.2. The van der Waals surface area contributed by atoms with E-state index in [2.05, 4.69) is 53.6 Å². The normalized spacial score (nSPS) is 13.6. The molecule has 0 spiro atoms. The molecule has 0 unspecified atom stereocenters. The molecule has 0 radical (unpaired) electrons. The molecule has 0 aliphatic heterocycles. The molecule has 1 saturated carbocycles. The third-order valence-corrected chi connectivity index (χ3v) is 6.87. The number of rotatable bonds is 3. The molecule has 4 heterocycles. The van der Waals surface area contributed by atoms with Crippen molar-refractivity contribution >= 4 is 27.5 Å². The quantitative estimate of drug-likeness (QED) is 0.304. The number of nitrogens with two attached hydrogens (primary N) is 1. The van der Waals surface area contributed by atoms with Crippen molar-refractivity contribution in [3.05, 3.63) is 114 Å². The lowest BCUT2D eigenvalue weighted by molar-refractivity contribution is 0.741. The second-order valence-electron chi connectivity index (χ2n) is 9.58. The van der Waals surface area contributed by atoms with Crippen molar-refractivity contribution in [3.63, 3.8) is 0 Å². The van der Waals surface area contributed by atoms with E-state index in [0.29, 0.717) is 5.69 Å². The lowest BCUT2D eigenvalue weighted by Crippen LogP contribution is -2.18. The fourth-order valence-corrected chi connectivity index (χ4v) is 4.63. The van der Waals surface area contributed by atoms with Crippen LogP contribution in [0.15, 0.2) is 85.5 Å². The van der Waals surface area contributed by atoms with Gasteiger partial charge in [0.1, 0.15) is 23.3 Å². The smallest absolute Gasteiger partial charge is 0.187 e. The topological polar surface area (TPSA) is 91.8 Å². The molecule has 8 heteroatoms. The summed E-state index contributed by atoms with van der Waals surface area (Å²) in [7, 11) is 0. The van der Waals surface area contributed by atoms with Gasteiger partial charge in [-0.3, -0.25) is 0 Å². The standard InChI is InChI=1S/C16H16N4.C14H10N4/c1-11-18-8-4-15(19-11)20-9-5-12-10-13(2-3-14(12)20)16(17)6-7-16;1-10-16-7-5-14(17-10)18-8-6-11-9-12(15-2)3-4-13(11)18/h2-5,8-10H,6-7,17H2,1H3;3-9H,1H3. The summed E-state index contributed by atoms with van der Waals surface area (Å²) >= 11 is 0. The average Bonchev–Trinajstić information content (AvgIpc) is 3.35. The zero-order valence-corrected chi connectivity index (χ0v) is 21.2. The molecule has 0 atom stereocenters. The van der Waals surface area contributed by atoms with Crippen LogP contribution in [-0.2, 0) is 5.54 Å². The minimum absolute atomic E-state index is 0.0816. The first-order valence-electron chi connectivity index (χ1n) is 12.4. The van der Waals surface area contributed by atoms with Crippen molar-refractivity contribution in [1.29, 1.82) is 0 Å². The van der Waals surface area contributed by atoms with Crippen LogP contribution in [0.4, 0.5) is 5.69 Å². The van der Waals surface area contributed by atoms with Crippen molar-refractivity contribution < 1.29 is 0 Å². The van der Waals surface area contributed by atoms with Crippen LogP contribution in [0.1, 0.15) is 30.1 Å². The first-order chi connectivity index (χ1) is 18.4. The molecule has 6 aromatic rings. The summed E-state index contributed by atoms with van der Waals surface area (Å²) in [5.74, 6) is 3.26. The van der Waals surface area contributed by atoms with Gasteiger partial charge in [0.2, 0.25) is 0 Å². The van der Waals surface area contributed by atoms with Gasteiger partial charge in [-0.25, -0.2) is 24.8 Å². The minimum atomic E-state index is -0.0816. The molecule has 38 heavy (non-hydrogen) atoms. The van der Waals surface area contributed by atoms with E-state index in [1.54, 1.807) is 12.4 Å². The van der Waals surface area contributed by atoms with Crippen molar-refractivity contribution in [2.45, 2.75) is 32.2 Å². The number of nitrogens with zero attached hydrogens (tertiary/aromatic N) is 7. The van der Waals surface area contributed by atoms with E-state index in [4.69, 9.17) is 12.3 Å². The third-order valence-electron chi connectivity index (χ3n) is 6.87. The van der Waals surface area contributed by atoms with Crippen LogP contribution < -0.4 is 5.73 Å². The van der Waals surface area contributed by atoms with Crippen molar-refractivity contribution in [2.75, 3.05) is 0 Å². The maximum Gasteiger partial charge on any atom is 0.187 e. The molecule has 4 aromatic heterocycles. The van der Waals surface area contributed by atoms with E-state index in [9.17, 15) is 0 Å². The van der Waals surface area contributed by atoms with Gasteiger partial charge in [-0.05, 0) is 86.2 Å². The second-order valence-corrected chi connectivity index (χ2v) is 9.58. The Bertz CT molecular complexity index is 1830. The Morgan fingerprint density at radius 1 is 0.763 bits per heavy atom. The second kappa shape index (κ2) is 9.21. The summed E-state index contributed by atoms with van der Waals surface area (Å²) in [6.07, 6.45) is 9.72. The summed E-state index contributed by atoms with van der Waals surface area (Å²) in [6.45, 7) is 10.8. The van der Waals surface area contributed by atoms with Gasteiger partial charge in [0.15, 0.2) is 5.69 Å². The number of hydrogen-bond acceptors (Lipinski definition) is 5. The third kappa shape index (κ3) is 4.40. The molecule has 186 valence electrons. The largest absolute Gasteiger partial charge is 0.321 e. The van der Waals surface area contributed by atoms with E-state index in [1.807, 2.05) is 67.2 Å². The highest BCUT2D eigenvalue weighted by molar-refractivity contribution is 5.85. The first-order valence-corrected chi connectivity index (χ1v) is 12.4. The molecule has 1 aliphatic carbocycles. The van der Waals surface area contributed by atoms with Crippen molar-refractivity contribution in [1.82, 2.24) is 29.1 Å². The minimum Gasteiger partial charge on any atom is -0.321 e. The van der Waals surface area contributed by atoms with E-state index in [-0.39, 0.29) is 5.54 Å². The predicted molar refractivity (Wildman–Crippen MR) is 149 cm³/mol. The van der Waals surface area contributed by atoms with Crippen molar-refractivity contribution in [2.24, 2.45) is 5.73 Å². The van der Waals surface area contributed by atoms with E-state index in [0.717, 1.165) is 52.5 Å². The molecular weight excluding hydrogens is 472 g/mol. The molecular formula is C30H26N8. The highest BCUT2D eigenvalue weighted by Crippen LogP contribution is 2.43. The van der Waals surface area contributed by atoms with Crippen LogP contribution in [0.5, 0.6) is 0 Å². The van der Waals surface area contributed by atoms with Gasteiger partial charge in [0, 0.05) is 35.7 Å². The average molecular weight is 499 g/mol. The van der Waals surface area contributed by atoms with Crippen LogP contribution in [0.25, 0.3) is 38.3 Å². The summed E-state index contributed by atoms with van der Waals surface area (Å²) in [5, 5.41) is 2.25. The van der Waals surface area contributed by atoms with Crippen LogP contribution in [-0.4, -0.2) is 29.1 Å². The van der Waals surface area contributed by atoms with Crippen LogP contribution in [0.3, 0.4) is 0 Å². The number of aryl methyl sites for hydroxylation is 2. The van der Waals surface area contributed by atoms with Crippen LogP contribution in [0, 0.1) is 20.4 Å². The lowest BCUT2D eigenvalue weighted by Gasteiger charge is -2.10. The number of benzene rings is 2. The van der Waals surface area contributed by atoms with Crippen LogP contribution in [0.2, 0.25) is 0 Å². The number of fused-ring (bicyclic) bond motifs is 2. The Balaban J connectivity index is 0.000000140. The van der Waals surface area contributed by atoms with Gasteiger partial charge in [-0.2, -0.15) is 0 Å². The monoisotopic (exact) mass is 498 g/mol. The van der Waals surface area contributed by atoms with Gasteiger partial charge < -0.3 is 14.9 Å². The SMILES string of the molecule is Cc1nccc(-n2ccc3cc(C4(N)CC4)ccc32)n1.[C-]#[N+]c1ccc2c(ccn2-c2ccnc(C)n2)c1. The summed E-state index contributed by atoms with van der Waals surface area (Å²) < 4.78 is 4.08. The lowest BCUT2D eigenvalue weighted by atomic mass is 10.0. The molecule has 1 fully saturated rings. The van der Waals surface area contributed by atoms with Gasteiger partial charge in [-0.15, -0.1) is 0 Å². The molecule has 2 aromatic carbocycles. The van der Waals surface area contributed by atoms with Crippen LogP contribution >= 0.6 is 0 Å². The molecule has 0 bridgehead atoms. The summed E-state index contributed by atoms with van der Waals surface area (Å²) in [4.78, 5) is 20.5. The first kappa shape index (κ1) is 23.5. The maximum atomic E-state index is 7.02. The Hall–Kier alpha value is -4.87. The van der Waals surface area contributed by atoms with Gasteiger partial charge in [-0.1, -0.05) is 12.1 Å². The fraction of sp³-hybridized carbons (Fsp3) is 0.167. The van der Waals surface area contributed by atoms with E-state index >= 15 is 0 Å². The molecule has 2 N–H and O–H groups in total. The maximum absolute atomic E-state index is 7.02. The molecule has 0 amide bonds. The molecule has 0 saturated heterocycles. The fourth-order valence-electron chi connectivity index (χ4n) is 4.63. The van der Waals surface area contributed by atoms with E-state index < -0.39 is 0 Å². The molecule has 7 rings (SSSR count). The Morgan fingerprint density at radius 2 is 1.32 bits per heavy atom. The van der Waals surface area contributed by atoms with Gasteiger partial charge >= 0.3 is 0 Å². The van der Waals surface area contributed by atoms with Gasteiger partial charge in [0.25, 0.3) is 0 Å². The van der Waals surface area contributed by atoms with Gasteiger partial charge in [0.05, 0.1) is 17.6 Å². The summed E-state index contributed by atoms with van der Waals surface area (Å²) in [5.41, 5.74) is 10.3. The highest BCUT2D eigenvalue weighted by atomic mass is 15.1. The molecule has 8 nitrogen and oxygen atoms in total. The zero-order chi connectivity index (χ0) is 26.3. The summed E-state index contributed by atoms with van der Waals surface area (Å²) in [6, 6.07) is 20.0. The highest BCUT2D eigenvalue weighted by Gasteiger charge is 2.39. The Kier molecular flexibility index (Phi) is 5.70. The number of aromatic nitrogens is 6. The molecule has 1 aliphatic rings. The van der Waals surface area contributed by atoms with E-state index in [1.165, 1.54) is 10.9 Å².